The number of aromatic hydroxyl groups is 1. The van der Waals surface area contributed by atoms with E-state index in [9.17, 15) is 9.90 Å². The fraction of sp³-hybridized carbons (Fsp3) is 0.364. The van der Waals surface area contributed by atoms with Crippen molar-refractivity contribution in [3.63, 3.8) is 0 Å². The second kappa shape index (κ2) is 4.24. The Morgan fingerprint density at radius 1 is 1.50 bits per heavy atom. The Morgan fingerprint density at radius 2 is 2.14 bits per heavy atom. The van der Waals surface area contributed by atoms with Crippen molar-refractivity contribution in [2.45, 2.75) is 20.4 Å². The molecule has 0 aliphatic heterocycles. The lowest BCUT2D eigenvalue weighted by molar-refractivity contribution is 0.101. The normalized spacial score (nSPS) is 10.2. The van der Waals surface area contributed by atoms with Crippen LogP contribution in [0.2, 0.25) is 0 Å². The van der Waals surface area contributed by atoms with Gasteiger partial charge in [-0.05, 0) is 44.2 Å². The number of carbonyl (C=O) groups is 1. The molecule has 0 fully saturated rings. The zero-order valence-corrected chi connectivity index (χ0v) is 8.72. The molecule has 1 aromatic carbocycles. The predicted molar refractivity (Wildman–Crippen MR) is 55.6 cm³/mol. The van der Waals surface area contributed by atoms with E-state index in [2.05, 4.69) is 5.32 Å². The minimum atomic E-state index is 0.0263. The van der Waals surface area contributed by atoms with Gasteiger partial charge in [-0.3, -0.25) is 4.79 Å². The van der Waals surface area contributed by atoms with E-state index in [0.717, 1.165) is 11.1 Å². The van der Waals surface area contributed by atoms with E-state index in [0.29, 0.717) is 12.1 Å². The van der Waals surface area contributed by atoms with Crippen molar-refractivity contribution in [3.8, 4) is 5.75 Å². The summed E-state index contributed by atoms with van der Waals surface area (Å²) in [6, 6.07) is 3.22. The topological polar surface area (TPSA) is 49.3 Å². The third kappa shape index (κ3) is 1.93. The van der Waals surface area contributed by atoms with Gasteiger partial charge in [0, 0.05) is 12.1 Å². The molecule has 0 aliphatic carbocycles. The molecular weight excluding hydrogens is 178 g/mol. The Balaban J connectivity index is 3.29. The summed E-state index contributed by atoms with van der Waals surface area (Å²) in [4.78, 5) is 11.3. The zero-order valence-electron chi connectivity index (χ0n) is 8.72. The van der Waals surface area contributed by atoms with Gasteiger partial charge in [-0.15, -0.1) is 0 Å². The minimum Gasteiger partial charge on any atom is -0.508 e. The van der Waals surface area contributed by atoms with Crippen molar-refractivity contribution in [1.82, 2.24) is 5.32 Å². The van der Waals surface area contributed by atoms with Crippen LogP contribution in [0.5, 0.6) is 5.75 Å². The number of hydrogen-bond donors (Lipinski definition) is 2. The average molecular weight is 193 g/mol. The van der Waals surface area contributed by atoms with Crippen LogP contribution in [-0.2, 0) is 6.54 Å². The van der Waals surface area contributed by atoms with E-state index in [4.69, 9.17) is 0 Å². The Kier molecular flexibility index (Phi) is 3.25. The number of Topliss-reactive ketones (excluding diaryl/α,β-unsaturated/α-hetero) is 1. The maximum absolute atomic E-state index is 11.3. The van der Waals surface area contributed by atoms with Gasteiger partial charge in [-0.25, -0.2) is 0 Å². The highest BCUT2D eigenvalue weighted by atomic mass is 16.3. The van der Waals surface area contributed by atoms with Crippen LogP contribution in [0.15, 0.2) is 12.1 Å². The highest BCUT2D eigenvalue weighted by molar-refractivity contribution is 5.96. The van der Waals surface area contributed by atoms with Crippen LogP contribution in [0.3, 0.4) is 0 Å². The van der Waals surface area contributed by atoms with Gasteiger partial charge in [0.1, 0.15) is 5.75 Å². The SMILES string of the molecule is CNCc1c(C(C)=O)ccc(O)c1C. The van der Waals surface area contributed by atoms with Crippen molar-refractivity contribution in [2.75, 3.05) is 7.05 Å². The molecule has 0 aromatic heterocycles. The molecule has 0 saturated heterocycles. The first kappa shape index (κ1) is 10.7. The van der Waals surface area contributed by atoms with E-state index in [-0.39, 0.29) is 11.5 Å². The van der Waals surface area contributed by atoms with Crippen LogP contribution >= 0.6 is 0 Å². The average Bonchev–Trinajstić information content (AvgIpc) is 2.13. The first-order valence-corrected chi connectivity index (χ1v) is 4.55. The van der Waals surface area contributed by atoms with Crippen LogP contribution in [0.4, 0.5) is 0 Å². The van der Waals surface area contributed by atoms with E-state index in [1.165, 1.54) is 6.92 Å². The summed E-state index contributed by atoms with van der Waals surface area (Å²) in [6.07, 6.45) is 0. The van der Waals surface area contributed by atoms with Gasteiger partial charge in [0.05, 0.1) is 0 Å². The molecule has 0 bridgehead atoms. The molecule has 2 N–H and O–H groups in total. The van der Waals surface area contributed by atoms with Crippen LogP contribution in [0.25, 0.3) is 0 Å². The molecule has 14 heavy (non-hydrogen) atoms. The van der Waals surface area contributed by atoms with Crippen molar-refractivity contribution >= 4 is 5.78 Å². The largest absolute Gasteiger partial charge is 0.508 e. The summed E-state index contributed by atoms with van der Waals surface area (Å²) in [6.45, 7) is 3.94. The maximum Gasteiger partial charge on any atom is 0.160 e. The summed E-state index contributed by atoms with van der Waals surface area (Å²) in [5.74, 6) is 0.263. The first-order valence-electron chi connectivity index (χ1n) is 4.55. The third-order valence-corrected chi connectivity index (χ3v) is 2.30. The number of rotatable bonds is 3. The standard InChI is InChI=1S/C11H15NO2/c1-7-10(6-12-3)9(8(2)13)4-5-11(7)14/h4-5,12,14H,6H2,1-3H3. The molecule has 0 saturated carbocycles. The fourth-order valence-electron chi connectivity index (χ4n) is 1.48. The second-order valence-corrected chi connectivity index (χ2v) is 3.32. The highest BCUT2D eigenvalue weighted by Crippen LogP contribution is 2.23. The summed E-state index contributed by atoms with van der Waals surface area (Å²) < 4.78 is 0. The number of nitrogens with one attached hydrogen (secondary N) is 1. The summed E-state index contributed by atoms with van der Waals surface area (Å²) in [5.41, 5.74) is 2.32. The molecule has 0 aliphatic rings. The van der Waals surface area contributed by atoms with E-state index in [1.807, 2.05) is 14.0 Å². The highest BCUT2D eigenvalue weighted by Gasteiger charge is 2.11. The lowest BCUT2D eigenvalue weighted by Gasteiger charge is -2.11. The Hall–Kier alpha value is -1.35. The predicted octanol–water partition coefficient (Wildman–Crippen LogP) is 1.62. The first-order chi connectivity index (χ1) is 6.57. The van der Waals surface area contributed by atoms with Crippen molar-refractivity contribution < 1.29 is 9.90 Å². The number of benzene rings is 1. The molecule has 0 amide bonds. The Labute approximate surface area is 83.8 Å². The van der Waals surface area contributed by atoms with Gasteiger partial charge in [0.25, 0.3) is 0 Å². The second-order valence-electron chi connectivity index (χ2n) is 3.32. The molecule has 3 heteroatoms. The van der Waals surface area contributed by atoms with E-state index >= 15 is 0 Å². The van der Waals surface area contributed by atoms with Crippen molar-refractivity contribution in [1.29, 1.82) is 0 Å². The molecule has 3 nitrogen and oxygen atoms in total. The van der Waals surface area contributed by atoms with Gasteiger partial charge in [-0.1, -0.05) is 0 Å². The number of ketones is 1. The lowest BCUT2D eigenvalue weighted by atomic mass is 9.98. The van der Waals surface area contributed by atoms with Crippen molar-refractivity contribution in [3.05, 3.63) is 28.8 Å². The molecule has 0 radical (unpaired) electrons. The van der Waals surface area contributed by atoms with Crippen LogP contribution in [-0.4, -0.2) is 17.9 Å². The van der Waals surface area contributed by atoms with Gasteiger partial charge in [-0.2, -0.15) is 0 Å². The number of hydrogen-bond acceptors (Lipinski definition) is 3. The smallest absolute Gasteiger partial charge is 0.160 e. The molecule has 1 rings (SSSR count). The molecule has 76 valence electrons. The van der Waals surface area contributed by atoms with Gasteiger partial charge in [0.15, 0.2) is 5.78 Å². The number of carbonyl (C=O) groups excluding carboxylic acids is 1. The number of phenolic OH excluding ortho intramolecular Hbond substituents is 1. The Morgan fingerprint density at radius 3 is 2.64 bits per heavy atom. The maximum atomic E-state index is 11.3. The van der Waals surface area contributed by atoms with E-state index < -0.39 is 0 Å². The molecule has 0 unspecified atom stereocenters. The molecule has 0 spiro atoms. The molecule has 1 aromatic rings. The van der Waals surface area contributed by atoms with Gasteiger partial charge >= 0.3 is 0 Å². The molecule has 0 heterocycles. The van der Waals surface area contributed by atoms with Gasteiger partial charge < -0.3 is 10.4 Å². The van der Waals surface area contributed by atoms with E-state index in [1.54, 1.807) is 12.1 Å². The third-order valence-electron chi connectivity index (χ3n) is 2.30. The van der Waals surface area contributed by atoms with Gasteiger partial charge in [0.2, 0.25) is 0 Å². The van der Waals surface area contributed by atoms with Crippen molar-refractivity contribution in [2.24, 2.45) is 0 Å². The van der Waals surface area contributed by atoms with Crippen LogP contribution < -0.4 is 5.32 Å². The monoisotopic (exact) mass is 193 g/mol. The van der Waals surface area contributed by atoms with Crippen LogP contribution in [0.1, 0.15) is 28.4 Å². The fourth-order valence-corrected chi connectivity index (χ4v) is 1.48. The molecule has 0 atom stereocenters. The molecular formula is C11H15NO2. The minimum absolute atomic E-state index is 0.0263. The summed E-state index contributed by atoms with van der Waals surface area (Å²) >= 11 is 0. The quantitative estimate of drug-likeness (QED) is 0.717. The van der Waals surface area contributed by atoms with Crippen LogP contribution in [0, 0.1) is 6.92 Å². The number of phenols is 1. The zero-order chi connectivity index (χ0) is 10.7. The Bertz CT molecular complexity index is 359. The summed E-state index contributed by atoms with van der Waals surface area (Å²) in [5, 5.41) is 12.5. The summed E-state index contributed by atoms with van der Waals surface area (Å²) in [7, 11) is 1.81. The lowest BCUT2D eigenvalue weighted by Crippen LogP contribution is -2.11.